The van der Waals surface area contributed by atoms with Crippen LogP contribution in [0.1, 0.15) is 30.6 Å². The van der Waals surface area contributed by atoms with Crippen molar-refractivity contribution in [2.45, 2.75) is 38.8 Å². The molecule has 0 fully saturated rings. The number of carboxylic acid groups (broad SMARTS) is 1. The second-order valence-electron chi connectivity index (χ2n) is 6.74. The van der Waals surface area contributed by atoms with E-state index in [1.807, 2.05) is 30.3 Å². The lowest BCUT2D eigenvalue weighted by Crippen LogP contribution is -2.49. The summed E-state index contributed by atoms with van der Waals surface area (Å²) < 4.78 is 0.953. The van der Waals surface area contributed by atoms with Gasteiger partial charge in [-0.1, -0.05) is 30.3 Å². The number of pyridine rings is 1. The van der Waals surface area contributed by atoms with Crippen molar-refractivity contribution in [3.63, 3.8) is 0 Å². The van der Waals surface area contributed by atoms with Crippen molar-refractivity contribution in [1.29, 1.82) is 0 Å². The van der Waals surface area contributed by atoms with Gasteiger partial charge in [0.05, 0.1) is 0 Å². The van der Waals surface area contributed by atoms with Gasteiger partial charge in [-0.15, -0.1) is 0 Å². The second-order valence-corrected chi connectivity index (χ2v) is 6.74. The van der Waals surface area contributed by atoms with Crippen molar-refractivity contribution in [2.24, 2.45) is 0 Å². The number of carbonyl (C=O) groups is 4. The van der Waals surface area contributed by atoms with E-state index in [0.717, 1.165) is 17.1 Å². The number of aromatic nitrogens is 1. The topological polar surface area (TPSA) is 135 Å². The van der Waals surface area contributed by atoms with Gasteiger partial charge >= 0.3 is 5.97 Å². The molecule has 0 saturated heterocycles. The van der Waals surface area contributed by atoms with Gasteiger partial charge in [0, 0.05) is 19.0 Å². The third kappa shape index (κ3) is 5.63. The first kappa shape index (κ1) is 22.5. The standard InChI is InChI=1S/C21H23N3O6/c1-13-8-10-16(23-18(27)11-9-15-6-4-3-5-7-15)20(28)24(13)17(12-25)19(21(29)30)22-14(2)26/h3-8,10,12,17,19H,9,11H2,1-2H3,(H,22,26)(H,23,27)(H,29,30)/t17?,19-/m0/s1. The number of nitrogens with one attached hydrogen (secondary N) is 2. The number of carboxylic acids is 1. The summed E-state index contributed by atoms with van der Waals surface area (Å²) in [5, 5.41) is 14.1. The number of hydrogen-bond acceptors (Lipinski definition) is 5. The summed E-state index contributed by atoms with van der Waals surface area (Å²) >= 11 is 0. The maximum Gasteiger partial charge on any atom is 0.328 e. The molecule has 2 amide bonds. The Hall–Kier alpha value is -3.75. The molecule has 0 aliphatic heterocycles. The van der Waals surface area contributed by atoms with Crippen LogP contribution >= 0.6 is 0 Å². The minimum atomic E-state index is -1.64. The molecule has 1 aromatic carbocycles. The summed E-state index contributed by atoms with van der Waals surface area (Å²) in [4.78, 5) is 59.7. The van der Waals surface area contributed by atoms with E-state index in [4.69, 9.17) is 0 Å². The Bertz CT molecular complexity index is 1000. The van der Waals surface area contributed by atoms with Crippen molar-refractivity contribution < 1.29 is 24.3 Å². The number of aldehydes is 1. The molecular formula is C21H23N3O6. The zero-order valence-electron chi connectivity index (χ0n) is 16.6. The van der Waals surface area contributed by atoms with Crippen LogP contribution in [0.25, 0.3) is 0 Å². The molecule has 2 atom stereocenters. The van der Waals surface area contributed by atoms with Crippen LogP contribution in [0.2, 0.25) is 0 Å². The van der Waals surface area contributed by atoms with Gasteiger partial charge in [0.2, 0.25) is 11.8 Å². The van der Waals surface area contributed by atoms with Crippen LogP contribution in [0, 0.1) is 6.92 Å². The zero-order chi connectivity index (χ0) is 22.3. The summed E-state index contributed by atoms with van der Waals surface area (Å²) in [7, 11) is 0. The fourth-order valence-corrected chi connectivity index (χ4v) is 3.03. The maximum absolute atomic E-state index is 12.9. The lowest BCUT2D eigenvalue weighted by Gasteiger charge is -2.24. The number of aliphatic carboxylic acids is 1. The van der Waals surface area contributed by atoms with E-state index in [1.165, 1.54) is 19.1 Å². The largest absolute Gasteiger partial charge is 0.480 e. The first-order valence-electron chi connectivity index (χ1n) is 9.25. The van der Waals surface area contributed by atoms with E-state index >= 15 is 0 Å². The number of rotatable bonds is 9. The minimum Gasteiger partial charge on any atom is -0.480 e. The number of benzene rings is 1. The van der Waals surface area contributed by atoms with Crippen LogP contribution < -0.4 is 16.2 Å². The van der Waals surface area contributed by atoms with Crippen LogP contribution in [0.3, 0.4) is 0 Å². The fraction of sp³-hybridized carbons (Fsp3) is 0.286. The molecule has 2 aromatic rings. The third-order valence-corrected chi connectivity index (χ3v) is 4.48. The van der Waals surface area contributed by atoms with Gasteiger partial charge in [-0.25, -0.2) is 4.79 Å². The Morgan fingerprint density at radius 2 is 1.80 bits per heavy atom. The Balaban J connectivity index is 2.27. The highest BCUT2D eigenvalue weighted by Gasteiger charge is 2.32. The number of hydrogen-bond donors (Lipinski definition) is 3. The van der Waals surface area contributed by atoms with E-state index in [2.05, 4.69) is 10.6 Å². The molecule has 3 N–H and O–H groups in total. The fourth-order valence-electron chi connectivity index (χ4n) is 3.03. The molecule has 0 aliphatic rings. The second kappa shape index (κ2) is 10.1. The van der Waals surface area contributed by atoms with Crippen molar-refractivity contribution in [3.05, 3.63) is 64.1 Å². The maximum atomic E-state index is 12.9. The highest BCUT2D eigenvalue weighted by molar-refractivity contribution is 5.90. The number of amides is 2. The van der Waals surface area contributed by atoms with Gasteiger partial charge in [0.25, 0.3) is 5.56 Å². The molecule has 9 heteroatoms. The quantitative estimate of drug-likeness (QED) is 0.526. The molecule has 30 heavy (non-hydrogen) atoms. The molecule has 158 valence electrons. The van der Waals surface area contributed by atoms with Gasteiger partial charge in [-0.3, -0.25) is 19.0 Å². The van der Waals surface area contributed by atoms with E-state index in [1.54, 1.807) is 0 Å². The van der Waals surface area contributed by atoms with E-state index in [0.29, 0.717) is 12.1 Å². The van der Waals surface area contributed by atoms with E-state index < -0.39 is 35.4 Å². The average molecular weight is 413 g/mol. The zero-order valence-corrected chi connectivity index (χ0v) is 16.6. The van der Waals surface area contributed by atoms with Gasteiger partial charge in [0.1, 0.15) is 18.0 Å². The number of nitrogens with zero attached hydrogens (tertiary/aromatic N) is 1. The Morgan fingerprint density at radius 1 is 1.13 bits per heavy atom. The number of aryl methyl sites for hydroxylation is 2. The first-order chi connectivity index (χ1) is 14.2. The molecular weight excluding hydrogens is 390 g/mol. The molecule has 1 aromatic heterocycles. The molecule has 0 saturated carbocycles. The van der Waals surface area contributed by atoms with Gasteiger partial charge in [0.15, 0.2) is 6.04 Å². The van der Waals surface area contributed by atoms with Gasteiger partial charge in [-0.05, 0) is 31.0 Å². The average Bonchev–Trinajstić information content (AvgIpc) is 2.71. The molecule has 1 unspecified atom stereocenters. The Morgan fingerprint density at radius 3 is 2.37 bits per heavy atom. The summed E-state index contributed by atoms with van der Waals surface area (Å²) in [5.41, 5.74) is 0.444. The van der Waals surface area contributed by atoms with Crippen LogP contribution in [-0.2, 0) is 25.6 Å². The Labute approximate surface area is 172 Å². The molecule has 0 spiro atoms. The molecule has 0 radical (unpaired) electrons. The summed E-state index contributed by atoms with van der Waals surface area (Å²) in [5.74, 6) is -2.53. The minimum absolute atomic E-state index is 0.0857. The lowest BCUT2D eigenvalue weighted by molar-refractivity contribution is -0.144. The summed E-state index contributed by atoms with van der Waals surface area (Å²) in [6, 6.07) is 9.11. The highest BCUT2D eigenvalue weighted by Crippen LogP contribution is 2.14. The van der Waals surface area contributed by atoms with Crippen LogP contribution in [-0.4, -0.2) is 39.8 Å². The summed E-state index contributed by atoms with van der Waals surface area (Å²) in [6.45, 7) is 2.63. The summed E-state index contributed by atoms with van der Waals surface area (Å²) in [6.07, 6.45) is 0.898. The van der Waals surface area contributed by atoms with Crippen molar-refractivity contribution in [1.82, 2.24) is 9.88 Å². The molecule has 9 nitrogen and oxygen atoms in total. The predicted molar refractivity (Wildman–Crippen MR) is 109 cm³/mol. The predicted octanol–water partition coefficient (Wildman–Crippen LogP) is 1.06. The molecule has 2 rings (SSSR count). The first-order valence-corrected chi connectivity index (χ1v) is 9.25. The number of carbonyl (C=O) groups excluding carboxylic acids is 3. The van der Waals surface area contributed by atoms with E-state index in [9.17, 15) is 29.1 Å². The molecule has 1 heterocycles. The SMILES string of the molecule is CC(=O)N[C@H](C(=O)O)C(C=O)n1c(C)ccc(NC(=O)CCc2ccccc2)c1=O. The monoisotopic (exact) mass is 413 g/mol. The molecule has 0 aliphatic carbocycles. The van der Waals surface area contributed by atoms with Crippen molar-refractivity contribution in [2.75, 3.05) is 5.32 Å². The third-order valence-electron chi connectivity index (χ3n) is 4.48. The lowest BCUT2D eigenvalue weighted by atomic mass is 10.1. The van der Waals surface area contributed by atoms with E-state index in [-0.39, 0.29) is 18.4 Å². The van der Waals surface area contributed by atoms with Crippen LogP contribution in [0.15, 0.2) is 47.3 Å². The Kier molecular flexibility index (Phi) is 7.62. The van der Waals surface area contributed by atoms with Gasteiger partial charge < -0.3 is 20.5 Å². The normalized spacial score (nSPS) is 12.5. The highest BCUT2D eigenvalue weighted by atomic mass is 16.4. The van der Waals surface area contributed by atoms with Crippen molar-refractivity contribution >= 4 is 29.8 Å². The number of anilines is 1. The van der Waals surface area contributed by atoms with Crippen LogP contribution in [0.5, 0.6) is 0 Å². The smallest absolute Gasteiger partial charge is 0.328 e. The van der Waals surface area contributed by atoms with Gasteiger partial charge in [-0.2, -0.15) is 0 Å². The molecule has 0 bridgehead atoms. The van der Waals surface area contributed by atoms with Crippen molar-refractivity contribution in [3.8, 4) is 0 Å². The van der Waals surface area contributed by atoms with Crippen LogP contribution in [0.4, 0.5) is 5.69 Å².